The summed E-state index contributed by atoms with van der Waals surface area (Å²) in [5.41, 5.74) is 0.333. The van der Waals surface area contributed by atoms with Crippen LogP contribution in [0.25, 0.3) is 0 Å². The summed E-state index contributed by atoms with van der Waals surface area (Å²) in [6, 6.07) is 7.17. The van der Waals surface area contributed by atoms with Crippen LogP contribution < -0.4 is 4.74 Å². The Balaban J connectivity index is 2.59. The monoisotopic (exact) mass is 195 g/mol. The molecule has 0 saturated carbocycles. The van der Waals surface area contributed by atoms with E-state index in [4.69, 9.17) is 21.7 Å². The van der Waals surface area contributed by atoms with Gasteiger partial charge in [0, 0.05) is 0 Å². The van der Waals surface area contributed by atoms with Crippen LogP contribution in [0.2, 0.25) is 5.02 Å². The molecule has 2 nitrogen and oxygen atoms in total. The summed E-state index contributed by atoms with van der Waals surface area (Å²) >= 11 is 5.83. The molecule has 0 bridgehead atoms. The van der Waals surface area contributed by atoms with Crippen molar-refractivity contribution in [3.8, 4) is 5.75 Å². The molecule has 1 aromatic carbocycles. The first-order chi connectivity index (χ1) is 6.24. The molecule has 0 heterocycles. The van der Waals surface area contributed by atoms with Gasteiger partial charge in [-0.25, -0.2) is 0 Å². The molecule has 0 fully saturated rings. The average molecular weight is 196 g/mol. The number of ether oxygens (including phenoxy) is 1. The predicted octanol–water partition coefficient (Wildman–Crippen LogP) is 2.92. The lowest BCUT2D eigenvalue weighted by atomic mass is 10.3. The van der Waals surface area contributed by atoms with Crippen LogP contribution in [0, 0.1) is 5.41 Å². The fourth-order valence-electron chi connectivity index (χ4n) is 0.776. The zero-order valence-corrected chi connectivity index (χ0v) is 7.84. The van der Waals surface area contributed by atoms with Gasteiger partial charge in [-0.05, 0) is 18.2 Å². The summed E-state index contributed by atoms with van der Waals surface area (Å²) in [7, 11) is 0. The Morgan fingerprint density at radius 2 is 2.23 bits per heavy atom. The Labute approximate surface area is 82.3 Å². The van der Waals surface area contributed by atoms with Gasteiger partial charge in [-0.3, -0.25) is 0 Å². The number of para-hydroxylation sites is 1. The minimum atomic E-state index is 0.202. The largest absolute Gasteiger partial charge is 0.486 e. The van der Waals surface area contributed by atoms with Gasteiger partial charge in [-0.2, -0.15) is 0 Å². The molecular formula is C10H10ClNO. The van der Waals surface area contributed by atoms with E-state index in [0.29, 0.717) is 16.5 Å². The maximum Gasteiger partial charge on any atom is 0.138 e. The fourth-order valence-corrected chi connectivity index (χ4v) is 0.967. The van der Waals surface area contributed by atoms with Crippen LogP contribution >= 0.6 is 11.6 Å². The van der Waals surface area contributed by atoms with Crippen LogP contribution in [0.1, 0.15) is 0 Å². The third kappa shape index (κ3) is 2.92. The number of rotatable bonds is 4. The second kappa shape index (κ2) is 4.67. The molecular weight excluding hydrogens is 186 g/mol. The predicted molar refractivity (Wildman–Crippen MR) is 54.9 cm³/mol. The van der Waals surface area contributed by atoms with E-state index in [9.17, 15) is 0 Å². The van der Waals surface area contributed by atoms with Crippen LogP contribution in [-0.2, 0) is 0 Å². The quantitative estimate of drug-likeness (QED) is 0.737. The van der Waals surface area contributed by atoms with Crippen molar-refractivity contribution >= 4 is 17.3 Å². The molecule has 0 aliphatic carbocycles. The van der Waals surface area contributed by atoms with E-state index in [-0.39, 0.29) is 6.61 Å². The van der Waals surface area contributed by atoms with Crippen molar-refractivity contribution in [1.82, 2.24) is 0 Å². The molecule has 13 heavy (non-hydrogen) atoms. The second-order valence-electron chi connectivity index (χ2n) is 2.45. The summed E-state index contributed by atoms with van der Waals surface area (Å²) in [4.78, 5) is 0. The molecule has 0 amide bonds. The first-order valence-electron chi connectivity index (χ1n) is 3.81. The third-order valence-electron chi connectivity index (χ3n) is 1.47. The van der Waals surface area contributed by atoms with Gasteiger partial charge in [0.05, 0.1) is 10.7 Å². The maximum atomic E-state index is 7.27. The minimum absolute atomic E-state index is 0.202. The molecule has 0 saturated heterocycles. The first kappa shape index (κ1) is 9.81. The molecule has 0 aliphatic heterocycles. The van der Waals surface area contributed by atoms with Crippen LogP contribution in [-0.4, -0.2) is 12.3 Å². The van der Waals surface area contributed by atoms with E-state index >= 15 is 0 Å². The lowest BCUT2D eigenvalue weighted by molar-refractivity contribution is 0.377. The Kier molecular flexibility index (Phi) is 3.53. The normalized spacial score (nSPS) is 9.31. The topological polar surface area (TPSA) is 33.1 Å². The van der Waals surface area contributed by atoms with Crippen LogP contribution in [0.15, 0.2) is 36.9 Å². The smallest absolute Gasteiger partial charge is 0.138 e. The molecule has 3 heteroatoms. The lowest BCUT2D eigenvalue weighted by Gasteiger charge is -2.05. The van der Waals surface area contributed by atoms with Crippen molar-refractivity contribution in [2.24, 2.45) is 0 Å². The summed E-state index contributed by atoms with van der Waals surface area (Å²) in [5, 5.41) is 7.83. The number of hydrogen-bond acceptors (Lipinski definition) is 2. The van der Waals surface area contributed by atoms with Gasteiger partial charge in [-0.1, -0.05) is 30.3 Å². The van der Waals surface area contributed by atoms with Gasteiger partial charge < -0.3 is 10.1 Å². The van der Waals surface area contributed by atoms with Crippen molar-refractivity contribution in [1.29, 1.82) is 5.41 Å². The van der Waals surface area contributed by atoms with Crippen molar-refractivity contribution in [2.45, 2.75) is 0 Å². The highest BCUT2D eigenvalue weighted by Gasteiger charge is 1.99. The number of nitrogens with one attached hydrogen (secondary N) is 1. The summed E-state index contributed by atoms with van der Waals surface area (Å²) < 4.78 is 5.26. The van der Waals surface area contributed by atoms with Crippen molar-refractivity contribution < 1.29 is 4.74 Å². The highest BCUT2D eigenvalue weighted by atomic mass is 35.5. The molecule has 68 valence electrons. The molecule has 0 unspecified atom stereocenters. The van der Waals surface area contributed by atoms with Gasteiger partial charge in [0.25, 0.3) is 0 Å². The molecule has 1 aromatic rings. The van der Waals surface area contributed by atoms with Gasteiger partial charge >= 0.3 is 0 Å². The summed E-state index contributed by atoms with van der Waals surface area (Å²) in [6.45, 7) is 3.66. The van der Waals surface area contributed by atoms with E-state index in [1.807, 2.05) is 12.1 Å². The number of benzene rings is 1. The highest BCUT2D eigenvalue weighted by Crippen LogP contribution is 2.22. The molecule has 0 aromatic heterocycles. The molecule has 0 atom stereocenters. The Bertz CT molecular complexity index is 322. The van der Waals surface area contributed by atoms with Crippen molar-refractivity contribution in [2.75, 3.05) is 6.61 Å². The van der Waals surface area contributed by atoms with Crippen LogP contribution in [0.5, 0.6) is 5.75 Å². The number of halogens is 1. The van der Waals surface area contributed by atoms with Crippen LogP contribution in [0.4, 0.5) is 0 Å². The van der Waals surface area contributed by atoms with Crippen LogP contribution in [0.3, 0.4) is 0 Å². The lowest BCUT2D eigenvalue weighted by Crippen LogP contribution is -2.07. The molecule has 1 rings (SSSR count). The van der Waals surface area contributed by atoms with E-state index in [1.54, 1.807) is 12.1 Å². The SMILES string of the molecule is C=CC(=N)COc1ccccc1Cl. The zero-order chi connectivity index (χ0) is 9.68. The molecule has 0 radical (unpaired) electrons. The summed E-state index contributed by atoms with van der Waals surface area (Å²) in [5.74, 6) is 0.593. The minimum Gasteiger partial charge on any atom is -0.486 e. The third-order valence-corrected chi connectivity index (χ3v) is 1.78. The Morgan fingerprint density at radius 3 is 2.85 bits per heavy atom. The van der Waals surface area contributed by atoms with Gasteiger partial charge in [0.2, 0.25) is 0 Å². The maximum absolute atomic E-state index is 7.27. The molecule has 1 N–H and O–H groups in total. The zero-order valence-electron chi connectivity index (χ0n) is 7.09. The standard InChI is InChI=1S/C10H10ClNO/c1-2-8(12)7-13-10-6-4-3-5-9(10)11/h2-6,12H,1,7H2. The van der Waals surface area contributed by atoms with Gasteiger partial charge in [0.15, 0.2) is 0 Å². The highest BCUT2D eigenvalue weighted by molar-refractivity contribution is 6.32. The first-order valence-corrected chi connectivity index (χ1v) is 4.19. The van der Waals surface area contributed by atoms with E-state index in [0.717, 1.165) is 0 Å². The Morgan fingerprint density at radius 1 is 1.54 bits per heavy atom. The van der Waals surface area contributed by atoms with Crippen molar-refractivity contribution in [3.63, 3.8) is 0 Å². The van der Waals surface area contributed by atoms with E-state index < -0.39 is 0 Å². The molecule has 0 aliphatic rings. The Hall–Kier alpha value is -1.28. The summed E-state index contributed by atoms with van der Waals surface area (Å²) in [6.07, 6.45) is 1.44. The number of hydrogen-bond donors (Lipinski definition) is 1. The fraction of sp³-hybridized carbons (Fsp3) is 0.100. The van der Waals surface area contributed by atoms with E-state index in [1.165, 1.54) is 6.08 Å². The molecule has 0 spiro atoms. The van der Waals surface area contributed by atoms with Gasteiger partial charge in [0.1, 0.15) is 12.4 Å². The second-order valence-corrected chi connectivity index (χ2v) is 2.86. The van der Waals surface area contributed by atoms with Gasteiger partial charge in [-0.15, -0.1) is 0 Å². The average Bonchev–Trinajstić information content (AvgIpc) is 2.16. The van der Waals surface area contributed by atoms with E-state index in [2.05, 4.69) is 6.58 Å². The van der Waals surface area contributed by atoms with Crippen molar-refractivity contribution in [3.05, 3.63) is 41.9 Å².